The van der Waals surface area contributed by atoms with Crippen LogP contribution in [0.1, 0.15) is 31.4 Å². The molecule has 0 amide bonds. The first kappa shape index (κ1) is 16.3. The number of phenols is 1. The van der Waals surface area contributed by atoms with Crippen LogP contribution in [0, 0.1) is 0 Å². The summed E-state index contributed by atoms with van der Waals surface area (Å²) in [5, 5.41) is 18.6. The van der Waals surface area contributed by atoms with Crippen molar-refractivity contribution in [1.82, 2.24) is 4.90 Å². The molecule has 0 heterocycles. The van der Waals surface area contributed by atoms with Gasteiger partial charge in [-0.15, -0.1) is 0 Å². The van der Waals surface area contributed by atoms with Crippen LogP contribution in [0.15, 0.2) is 18.2 Å². The van der Waals surface area contributed by atoms with Gasteiger partial charge in [0.05, 0.1) is 6.10 Å². The van der Waals surface area contributed by atoms with E-state index in [9.17, 15) is 5.11 Å². The molecule has 4 heteroatoms. The largest absolute Gasteiger partial charge is 0.508 e. The second-order valence-corrected chi connectivity index (χ2v) is 5.64. The molecule has 2 rings (SSSR count). The highest BCUT2D eigenvalue weighted by atomic mass is 16.5. The van der Waals surface area contributed by atoms with Crippen LogP contribution in [0.2, 0.25) is 0 Å². The average Bonchev–Trinajstić information content (AvgIpc) is 2.49. The molecule has 1 aliphatic rings. The molecule has 118 valence electrons. The Kier molecular flexibility index (Phi) is 6.03. The second-order valence-electron chi connectivity index (χ2n) is 5.64. The molecule has 0 aliphatic heterocycles. The van der Waals surface area contributed by atoms with Gasteiger partial charge in [-0.05, 0) is 49.2 Å². The molecule has 0 radical (unpaired) electrons. The van der Waals surface area contributed by atoms with Crippen LogP contribution in [0.4, 0.5) is 0 Å². The molecule has 1 aliphatic carbocycles. The van der Waals surface area contributed by atoms with Gasteiger partial charge < -0.3 is 14.9 Å². The fourth-order valence-corrected chi connectivity index (χ4v) is 3.24. The summed E-state index contributed by atoms with van der Waals surface area (Å²) < 4.78 is 6.04. The number of aliphatic hydroxyl groups excluding tert-OH is 1. The van der Waals surface area contributed by atoms with E-state index in [4.69, 9.17) is 9.84 Å². The molecule has 0 bridgehead atoms. The molecule has 21 heavy (non-hydrogen) atoms. The van der Waals surface area contributed by atoms with Crippen LogP contribution in [0.25, 0.3) is 0 Å². The quantitative estimate of drug-likeness (QED) is 0.755. The molecule has 0 spiro atoms. The van der Waals surface area contributed by atoms with Crippen molar-refractivity contribution < 1.29 is 14.9 Å². The molecule has 2 atom stereocenters. The summed E-state index contributed by atoms with van der Waals surface area (Å²) >= 11 is 0. The summed E-state index contributed by atoms with van der Waals surface area (Å²) in [5.74, 6) is 0.340. The van der Waals surface area contributed by atoms with E-state index in [-0.39, 0.29) is 12.7 Å². The molecular weight excluding hydrogens is 266 g/mol. The highest BCUT2D eigenvalue weighted by Gasteiger charge is 2.32. The van der Waals surface area contributed by atoms with E-state index in [1.54, 1.807) is 6.07 Å². The molecule has 2 N–H and O–H groups in total. The zero-order chi connectivity index (χ0) is 15.2. The Balaban J connectivity index is 2.17. The molecule has 0 fully saturated rings. The van der Waals surface area contributed by atoms with Crippen molar-refractivity contribution in [2.45, 2.75) is 45.3 Å². The van der Waals surface area contributed by atoms with Gasteiger partial charge in [0.1, 0.15) is 5.75 Å². The van der Waals surface area contributed by atoms with Gasteiger partial charge in [0, 0.05) is 25.7 Å². The predicted octanol–water partition coefficient (Wildman–Crippen LogP) is 1.97. The van der Waals surface area contributed by atoms with Crippen molar-refractivity contribution in [3.05, 3.63) is 29.3 Å². The number of aliphatic hydroxyl groups is 1. The fourth-order valence-electron chi connectivity index (χ4n) is 3.24. The monoisotopic (exact) mass is 293 g/mol. The Morgan fingerprint density at radius 1 is 1.19 bits per heavy atom. The van der Waals surface area contributed by atoms with Crippen molar-refractivity contribution >= 4 is 0 Å². The van der Waals surface area contributed by atoms with E-state index in [1.807, 2.05) is 12.1 Å². The maximum Gasteiger partial charge on any atom is 0.115 e. The summed E-state index contributed by atoms with van der Waals surface area (Å²) in [7, 11) is 0. The number of hydrogen-bond donors (Lipinski definition) is 2. The minimum absolute atomic E-state index is 0.161. The van der Waals surface area contributed by atoms with Gasteiger partial charge >= 0.3 is 0 Å². The Labute approximate surface area is 127 Å². The number of ether oxygens (including phenoxy) is 1. The van der Waals surface area contributed by atoms with Gasteiger partial charge in [-0.1, -0.05) is 19.9 Å². The number of nitrogens with zero attached hydrogens (tertiary/aromatic N) is 1. The van der Waals surface area contributed by atoms with Crippen molar-refractivity contribution in [2.24, 2.45) is 0 Å². The lowest BCUT2D eigenvalue weighted by molar-refractivity contribution is -0.0210. The Hall–Kier alpha value is -1.10. The summed E-state index contributed by atoms with van der Waals surface area (Å²) in [6, 6.07) is 5.98. The van der Waals surface area contributed by atoms with Crippen LogP contribution in [0.3, 0.4) is 0 Å². The minimum Gasteiger partial charge on any atom is -0.508 e. The van der Waals surface area contributed by atoms with Gasteiger partial charge in [-0.3, -0.25) is 4.90 Å². The van der Waals surface area contributed by atoms with Crippen LogP contribution < -0.4 is 0 Å². The molecule has 4 nitrogen and oxygen atoms in total. The Morgan fingerprint density at radius 3 is 2.62 bits per heavy atom. The van der Waals surface area contributed by atoms with Crippen molar-refractivity contribution in [1.29, 1.82) is 0 Å². The van der Waals surface area contributed by atoms with E-state index < -0.39 is 0 Å². The van der Waals surface area contributed by atoms with Crippen LogP contribution in [0.5, 0.6) is 5.75 Å². The second kappa shape index (κ2) is 7.78. The third-order valence-electron chi connectivity index (χ3n) is 4.38. The molecule has 0 aromatic heterocycles. The third-order valence-corrected chi connectivity index (χ3v) is 4.38. The zero-order valence-corrected chi connectivity index (χ0v) is 13.1. The van der Waals surface area contributed by atoms with E-state index >= 15 is 0 Å². The maximum absolute atomic E-state index is 9.69. The van der Waals surface area contributed by atoms with Gasteiger partial charge in [-0.2, -0.15) is 0 Å². The number of likely N-dealkylation sites (N-methyl/N-ethyl adjacent to an activating group) is 1. The number of fused-ring (bicyclic) bond motifs is 1. The van der Waals surface area contributed by atoms with E-state index in [1.165, 1.54) is 11.1 Å². The molecule has 0 saturated heterocycles. The summed E-state index contributed by atoms with van der Waals surface area (Å²) in [6.07, 6.45) is 2.63. The molecular formula is C17H27NO3. The van der Waals surface area contributed by atoms with E-state index in [0.717, 1.165) is 25.9 Å². The zero-order valence-electron chi connectivity index (χ0n) is 13.1. The summed E-state index contributed by atoms with van der Waals surface area (Å²) in [4.78, 5) is 2.43. The van der Waals surface area contributed by atoms with Gasteiger partial charge in [0.2, 0.25) is 0 Å². The van der Waals surface area contributed by atoms with Crippen LogP contribution in [-0.2, 0) is 17.6 Å². The lowest BCUT2D eigenvalue weighted by Gasteiger charge is -2.39. The Bertz CT molecular complexity index is 446. The predicted molar refractivity (Wildman–Crippen MR) is 83.7 cm³/mol. The number of benzene rings is 1. The molecule has 1 aromatic carbocycles. The lowest BCUT2D eigenvalue weighted by atomic mass is 9.85. The summed E-state index contributed by atoms with van der Waals surface area (Å²) in [6.45, 7) is 7.11. The number of rotatable bonds is 7. The third kappa shape index (κ3) is 3.96. The van der Waals surface area contributed by atoms with Gasteiger partial charge in [0.15, 0.2) is 0 Å². The Morgan fingerprint density at radius 2 is 1.95 bits per heavy atom. The van der Waals surface area contributed by atoms with Crippen LogP contribution >= 0.6 is 0 Å². The number of hydrogen-bond acceptors (Lipinski definition) is 4. The lowest BCUT2D eigenvalue weighted by Crippen LogP contribution is -2.49. The van der Waals surface area contributed by atoms with Crippen molar-refractivity contribution in [3.8, 4) is 5.75 Å². The molecule has 1 aromatic rings. The van der Waals surface area contributed by atoms with Crippen molar-refractivity contribution in [2.75, 3.05) is 26.3 Å². The fraction of sp³-hybridized carbons (Fsp3) is 0.647. The first-order chi connectivity index (χ1) is 10.2. The van der Waals surface area contributed by atoms with E-state index in [2.05, 4.69) is 18.7 Å². The molecule has 2 unspecified atom stereocenters. The topological polar surface area (TPSA) is 52.9 Å². The average molecular weight is 293 g/mol. The first-order valence-electron chi connectivity index (χ1n) is 7.96. The first-order valence-corrected chi connectivity index (χ1v) is 7.96. The summed E-state index contributed by atoms with van der Waals surface area (Å²) in [5.41, 5.74) is 2.50. The SMILES string of the molecule is CCN(CC)C1Cc2cc(O)ccc2CC1OCCCO. The van der Waals surface area contributed by atoms with Gasteiger partial charge in [-0.25, -0.2) is 0 Å². The highest BCUT2D eigenvalue weighted by Crippen LogP contribution is 2.29. The highest BCUT2D eigenvalue weighted by molar-refractivity contribution is 5.38. The van der Waals surface area contributed by atoms with Crippen molar-refractivity contribution in [3.63, 3.8) is 0 Å². The van der Waals surface area contributed by atoms with Crippen LogP contribution in [-0.4, -0.2) is 53.6 Å². The smallest absolute Gasteiger partial charge is 0.115 e. The normalized spacial score (nSPS) is 21.5. The number of aromatic hydroxyl groups is 1. The van der Waals surface area contributed by atoms with Gasteiger partial charge in [0.25, 0.3) is 0 Å². The standard InChI is InChI=1S/C17H27NO3/c1-3-18(4-2)16-11-14-10-15(20)7-6-13(14)12-17(16)21-9-5-8-19/h6-7,10,16-17,19-20H,3-5,8-9,11-12H2,1-2H3. The molecule has 0 saturated carbocycles. The van der Waals surface area contributed by atoms with E-state index in [0.29, 0.717) is 24.8 Å². The number of phenolic OH excluding ortho intramolecular Hbond substituents is 1. The minimum atomic E-state index is 0.161. The maximum atomic E-state index is 9.69.